The third-order valence-electron chi connectivity index (χ3n) is 0.0956. The molecule has 0 amide bonds. The van der Waals surface area contributed by atoms with Crippen LogP contribution in [0.25, 0.3) is 0 Å². The number of hydrogen-bond donors (Lipinski definition) is 3. The summed E-state index contributed by atoms with van der Waals surface area (Å²) >= 11 is 0. The van der Waals surface area contributed by atoms with Gasteiger partial charge in [-0.05, 0) is 0 Å². The molecule has 0 bridgehead atoms. The van der Waals surface area contributed by atoms with Gasteiger partial charge in [0.1, 0.15) is 0 Å². The second kappa shape index (κ2) is 17.7. The number of carboxylic acid groups (broad SMARTS) is 3. The molecule has 0 unspecified atom stereocenters. The fraction of sp³-hybridized carbons (Fsp3) is 0.333. The van der Waals surface area contributed by atoms with Crippen molar-refractivity contribution in [1.29, 1.82) is 5.26 Å². The van der Waals surface area contributed by atoms with Gasteiger partial charge in [-0.3, -0.25) is 9.59 Å². The van der Waals surface area contributed by atoms with Crippen molar-refractivity contribution < 1.29 is 52.1 Å². The zero-order valence-electron chi connectivity index (χ0n) is 7.32. The maximum absolute atomic E-state index is 9.01. The van der Waals surface area contributed by atoms with E-state index in [1.165, 1.54) is 0 Å². The summed E-state index contributed by atoms with van der Waals surface area (Å²) in [5.74, 6) is -3.11. The summed E-state index contributed by atoms with van der Waals surface area (Å²) in [5, 5.41) is 29.5. The Hall–Kier alpha value is -1.36. The minimum absolute atomic E-state index is 0. The molecule has 85 valence electrons. The summed E-state index contributed by atoms with van der Waals surface area (Å²) in [5.41, 5.74) is 0. The van der Waals surface area contributed by atoms with E-state index in [4.69, 9.17) is 35.0 Å². The molecule has 0 aliphatic rings. The van der Waals surface area contributed by atoms with Gasteiger partial charge >= 0.3 is 5.97 Å². The van der Waals surface area contributed by atoms with Crippen molar-refractivity contribution in [3.05, 3.63) is 0 Å². The molecule has 0 aromatic carbocycles. The largest absolute Gasteiger partial charge is 0.481 e. The molecule has 0 spiro atoms. The zero-order valence-corrected chi connectivity index (χ0v) is 8.80. The molecule has 0 aromatic rings. The van der Waals surface area contributed by atoms with Gasteiger partial charge in [-0.15, -0.1) is 0 Å². The molecule has 0 heterocycles. The van der Waals surface area contributed by atoms with Crippen LogP contribution in [-0.4, -0.2) is 33.2 Å². The smallest absolute Gasteiger partial charge is 0.408 e. The Labute approximate surface area is 95.5 Å². The van der Waals surface area contributed by atoms with Gasteiger partial charge in [0.05, 0.1) is 0 Å². The van der Waals surface area contributed by atoms with Crippen LogP contribution in [0.3, 0.4) is 0 Å². The van der Waals surface area contributed by atoms with E-state index in [0.29, 0.717) is 0 Å². The Morgan fingerprint density at radius 1 is 1.00 bits per heavy atom. The number of nitrogens with zero attached hydrogens (tertiary/aromatic N) is 1. The average Bonchev–Trinajstić information content (AvgIpc) is 1.84. The molecule has 0 aliphatic carbocycles. The van der Waals surface area contributed by atoms with Crippen LogP contribution in [0.1, 0.15) is 13.8 Å². The standard InChI is InChI=1S/C2HNO2.2C2H4O2.Ag/c3-1-2(4)5;2*1-2(3)4;/h(H,4,5);2*1H3,(H,3,4);. The van der Waals surface area contributed by atoms with Gasteiger partial charge in [0, 0.05) is 36.2 Å². The molecule has 0 atom stereocenters. The second-order valence-electron chi connectivity index (χ2n) is 1.45. The maximum atomic E-state index is 9.01. The van der Waals surface area contributed by atoms with Crippen LogP contribution in [0.2, 0.25) is 0 Å². The fourth-order valence-corrected chi connectivity index (χ4v) is 0. The zero-order chi connectivity index (χ0) is 11.4. The predicted octanol–water partition coefficient (Wildman–Crippen LogP) is -0.226. The molecule has 0 saturated heterocycles. The van der Waals surface area contributed by atoms with Crippen molar-refractivity contribution in [3.63, 3.8) is 0 Å². The summed E-state index contributed by atoms with van der Waals surface area (Å²) in [6.45, 7) is 2.17. The minimum atomic E-state index is -1.44. The number of rotatable bonds is 0. The maximum Gasteiger partial charge on any atom is 0.408 e. The quantitative estimate of drug-likeness (QED) is 0.319. The first-order valence-corrected chi connectivity index (χ1v) is 2.76. The van der Waals surface area contributed by atoms with E-state index < -0.39 is 17.9 Å². The number of nitriles is 1. The van der Waals surface area contributed by atoms with Crippen molar-refractivity contribution in [1.82, 2.24) is 0 Å². The molecule has 7 nitrogen and oxygen atoms in total. The van der Waals surface area contributed by atoms with Crippen molar-refractivity contribution in [2.45, 2.75) is 13.8 Å². The normalized spacial score (nSPS) is 5.50. The van der Waals surface area contributed by atoms with E-state index in [1.807, 2.05) is 0 Å². The van der Waals surface area contributed by atoms with Crippen molar-refractivity contribution >= 4 is 17.9 Å². The molecule has 0 saturated carbocycles. The van der Waals surface area contributed by atoms with E-state index in [9.17, 15) is 0 Å². The molecule has 14 heavy (non-hydrogen) atoms. The molecule has 0 aliphatic heterocycles. The van der Waals surface area contributed by atoms with E-state index in [2.05, 4.69) is 0 Å². The van der Waals surface area contributed by atoms with Crippen molar-refractivity contribution in [3.8, 4) is 6.07 Å². The molecular weight excluding hydrogens is 290 g/mol. The number of hydrogen-bond acceptors (Lipinski definition) is 4. The average molecular weight is 299 g/mol. The van der Waals surface area contributed by atoms with Crippen LogP contribution in [0, 0.1) is 11.3 Å². The Balaban J connectivity index is -0.0000000522. The third kappa shape index (κ3) is 2410. The third-order valence-corrected chi connectivity index (χ3v) is 0.0956. The summed E-state index contributed by atoms with van der Waals surface area (Å²) in [6, 6.07) is 0.944. The van der Waals surface area contributed by atoms with E-state index >= 15 is 0 Å². The van der Waals surface area contributed by atoms with Gasteiger partial charge in [0.15, 0.2) is 6.07 Å². The van der Waals surface area contributed by atoms with Gasteiger partial charge in [0.25, 0.3) is 11.9 Å². The monoisotopic (exact) mass is 298 g/mol. The molecule has 0 rings (SSSR count). The topological polar surface area (TPSA) is 136 Å². The van der Waals surface area contributed by atoms with Crippen LogP contribution in [0.4, 0.5) is 0 Å². The number of carboxylic acids is 3. The Kier molecular flexibility index (Phi) is 28.9. The molecule has 3 N–H and O–H groups in total. The van der Waals surface area contributed by atoms with Crippen LogP contribution in [0.5, 0.6) is 0 Å². The molecule has 0 fully saturated rings. The first-order chi connectivity index (χ1) is 5.73. The van der Waals surface area contributed by atoms with Crippen molar-refractivity contribution in [2.24, 2.45) is 0 Å². The molecule has 1 radical (unpaired) electrons. The van der Waals surface area contributed by atoms with Crippen LogP contribution >= 0.6 is 0 Å². The SMILES string of the molecule is CC(=O)O.CC(=O)O.N#CC(=O)O.[Ag]. The van der Waals surface area contributed by atoms with Crippen LogP contribution < -0.4 is 0 Å². The second-order valence-corrected chi connectivity index (χ2v) is 1.45. The molecule has 8 heteroatoms. The minimum Gasteiger partial charge on any atom is -0.481 e. The predicted molar refractivity (Wildman–Crippen MR) is 39.9 cm³/mol. The summed E-state index contributed by atoms with van der Waals surface area (Å²) in [7, 11) is 0. The van der Waals surface area contributed by atoms with Gasteiger partial charge < -0.3 is 15.3 Å². The molecule has 0 aromatic heterocycles. The van der Waals surface area contributed by atoms with Gasteiger partial charge in [-0.1, -0.05) is 0 Å². The number of carbonyl (C=O) groups is 3. The first-order valence-electron chi connectivity index (χ1n) is 2.76. The van der Waals surface area contributed by atoms with Gasteiger partial charge in [-0.25, -0.2) is 4.79 Å². The Morgan fingerprint density at radius 3 is 1.07 bits per heavy atom. The van der Waals surface area contributed by atoms with Crippen molar-refractivity contribution in [2.75, 3.05) is 0 Å². The van der Waals surface area contributed by atoms with Gasteiger partial charge in [0.2, 0.25) is 0 Å². The molecular formula is C6H9AgNO6. The summed E-state index contributed by atoms with van der Waals surface area (Å²) in [6.07, 6.45) is 0. The van der Waals surface area contributed by atoms with E-state index in [-0.39, 0.29) is 22.4 Å². The first kappa shape index (κ1) is 22.9. The number of aliphatic carboxylic acids is 3. The Morgan fingerprint density at radius 2 is 1.07 bits per heavy atom. The van der Waals surface area contributed by atoms with Gasteiger partial charge in [-0.2, -0.15) is 5.26 Å². The van der Waals surface area contributed by atoms with Crippen LogP contribution in [-0.2, 0) is 36.8 Å². The fourth-order valence-electron chi connectivity index (χ4n) is 0. The Bertz CT molecular complexity index is 201. The summed E-state index contributed by atoms with van der Waals surface area (Å²) < 4.78 is 0. The van der Waals surface area contributed by atoms with E-state index in [1.54, 1.807) is 0 Å². The van der Waals surface area contributed by atoms with Crippen LogP contribution in [0.15, 0.2) is 0 Å². The summed E-state index contributed by atoms with van der Waals surface area (Å²) in [4.78, 5) is 27.0. The van der Waals surface area contributed by atoms with E-state index in [0.717, 1.165) is 19.9 Å².